The van der Waals surface area contributed by atoms with Gasteiger partial charge in [-0.3, -0.25) is 0 Å². The van der Waals surface area contributed by atoms with Gasteiger partial charge in [0.15, 0.2) is 6.61 Å². The topological polar surface area (TPSA) is 65.2 Å². The monoisotopic (exact) mass is 360 g/mol. The molecule has 7 heteroatoms. The smallest absolute Gasteiger partial charge is 0.339 e. The molecule has 0 radical (unpaired) electrons. The maximum Gasteiger partial charge on any atom is 0.339 e. The average molecular weight is 361 g/mol. The lowest BCUT2D eigenvalue weighted by molar-refractivity contribution is 0.0425. The van der Waals surface area contributed by atoms with Crippen LogP contribution in [0.5, 0.6) is 0 Å². The Labute approximate surface area is 148 Å². The maximum absolute atomic E-state index is 12.2. The van der Waals surface area contributed by atoms with E-state index < -0.39 is 5.97 Å². The van der Waals surface area contributed by atoms with Crippen molar-refractivity contribution in [1.29, 1.82) is 0 Å². The zero-order valence-corrected chi connectivity index (χ0v) is 14.3. The predicted molar refractivity (Wildman–Crippen MR) is 92.1 cm³/mol. The van der Waals surface area contributed by atoms with Crippen molar-refractivity contribution < 1.29 is 14.1 Å². The highest BCUT2D eigenvalue weighted by Crippen LogP contribution is 2.22. The molecule has 0 aliphatic heterocycles. The number of nitrogens with zero attached hydrogens (tertiary/aromatic N) is 2. The van der Waals surface area contributed by atoms with E-state index in [4.69, 9.17) is 20.9 Å². The lowest BCUT2D eigenvalue weighted by Gasteiger charge is -2.05. The summed E-state index contributed by atoms with van der Waals surface area (Å²) >= 11 is 7.43. The van der Waals surface area contributed by atoms with E-state index in [0.29, 0.717) is 16.4 Å². The Morgan fingerprint density at radius 3 is 2.88 bits per heavy atom. The van der Waals surface area contributed by atoms with Gasteiger partial charge in [0.2, 0.25) is 5.82 Å². The third-order valence-electron chi connectivity index (χ3n) is 3.20. The standard InChI is InChI=1S/C17H13ClN2O3S/c1-24-14-8-3-2-7-13(14)17(21)22-10-15-19-16(20-23-15)11-5-4-6-12(18)9-11/h2-9H,10H2,1H3. The van der Waals surface area contributed by atoms with E-state index in [1.54, 1.807) is 30.3 Å². The van der Waals surface area contributed by atoms with Crippen LogP contribution in [0.3, 0.4) is 0 Å². The summed E-state index contributed by atoms with van der Waals surface area (Å²) in [6.07, 6.45) is 1.90. The van der Waals surface area contributed by atoms with Gasteiger partial charge in [0.1, 0.15) is 0 Å². The minimum atomic E-state index is -0.428. The molecule has 0 N–H and O–H groups in total. The second-order valence-electron chi connectivity index (χ2n) is 4.80. The quantitative estimate of drug-likeness (QED) is 0.494. The first-order valence-corrected chi connectivity index (χ1v) is 8.66. The number of thioether (sulfide) groups is 1. The van der Waals surface area contributed by atoms with Gasteiger partial charge in [0.05, 0.1) is 5.56 Å². The SMILES string of the molecule is CSc1ccccc1C(=O)OCc1nc(-c2cccc(Cl)c2)no1. The molecule has 1 aromatic heterocycles. The second-order valence-corrected chi connectivity index (χ2v) is 6.08. The molecule has 0 fully saturated rings. The van der Waals surface area contributed by atoms with Gasteiger partial charge in [-0.15, -0.1) is 11.8 Å². The Bertz CT molecular complexity index is 866. The molecular formula is C17H13ClN2O3S. The van der Waals surface area contributed by atoms with Gasteiger partial charge in [-0.1, -0.05) is 41.0 Å². The number of ether oxygens (including phenoxy) is 1. The van der Waals surface area contributed by atoms with Gasteiger partial charge in [0.25, 0.3) is 5.89 Å². The zero-order chi connectivity index (χ0) is 16.9. The third kappa shape index (κ3) is 3.77. The summed E-state index contributed by atoms with van der Waals surface area (Å²) in [5.41, 5.74) is 1.25. The van der Waals surface area contributed by atoms with Crippen LogP contribution in [0.1, 0.15) is 16.2 Å². The molecule has 3 rings (SSSR count). The van der Waals surface area contributed by atoms with Gasteiger partial charge in [0, 0.05) is 15.5 Å². The highest BCUT2D eigenvalue weighted by atomic mass is 35.5. The first-order valence-electron chi connectivity index (χ1n) is 7.06. The summed E-state index contributed by atoms with van der Waals surface area (Å²) in [7, 11) is 0. The molecule has 0 bridgehead atoms. The third-order valence-corrected chi connectivity index (χ3v) is 4.24. The molecule has 5 nitrogen and oxygen atoms in total. The maximum atomic E-state index is 12.2. The first kappa shape index (κ1) is 16.5. The van der Waals surface area contributed by atoms with Crippen LogP contribution in [-0.2, 0) is 11.3 Å². The average Bonchev–Trinajstić information content (AvgIpc) is 3.08. The van der Waals surface area contributed by atoms with E-state index in [2.05, 4.69) is 10.1 Å². The highest BCUT2D eigenvalue weighted by molar-refractivity contribution is 7.98. The van der Waals surface area contributed by atoms with Gasteiger partial charge in [-0.2, -0.15) is 4.98 Å². The molecule has 0 spiro atoms. The van der Waals surface area contributed by atoms with Crippen LogP contribution < -0.4 is 0 Å². The summed E-state index contributed by atoms with van der Waals surface area (Å²) in [4.78, 5) is 17.2. The van der Waals surface area contributed by atoms with E-state index >= 15 is 0 Å². The molecule has 0 aliphatic rings. The van der Waals surface area contributed by atoms with E-state index in [0.717, 1.165) is 10.5 Å². The van der Waals surface area contributed by atoms with E-state index in [9.17, 15) is 4.79 Å². The number of hydrogen-bond acceptors (Lipinski definition) is 6. The molecule has 3 aromatic rings. The van der Waals surface area contributed by atoms with Gasteiger partial charge in [-0.05, 0) is 30.5 Å². The Morgan fingerprint density at radius 1 is 1.25 bits per heavy atom. The van der Waals surface area contributed by atoms with Crippen LogP contribution in [0.15, 0.2) is 57.9 Å². The highest BCUT2D eigenvalue weighted by Gasteiger charge is 2.15. The number of rotatable bonds is 5. The summed E-state index contributed by atoms with van der Waals surface area (Å²) in [5, 5.41) is 4.45. The van der Waals surface area contributed by atoms with Crippen molar-refractivity contribution in [3.05, 3.63) is 65.0 Å². The van der Waals surface area contributed by atoms with Crippen molar-refractivity contribution in [2.75, 3.05) is 6.26 Å². The second kappa shape index (κ2) is 7.51. The molecule has 1 heterocycles. The van der Waals surface area contributed by atoms with Crippen LogP contribution in [0.25, 0.3) is 11.4 Å². The number of aromatic nitrogens is 2. The summed E-state index contributed by atoms with van der Waals surface area (Å²) in [6, 6.07) is 14.4. The number of esters is 1. The van der Waals surface area contributed by atoms with Gasteiger partial charge >= 0.3 is 5.97 Å². The van der Waals surface area contributed by atoms with Crippen LogP contribution in [-0.4, -0.2) is 22.4 Å². The molecule has 2 aromatic carbocycles. The van der Waals surface area contributed by atoms with E-state index in [1.165, 1.54) is 11.8 Å². The van der Waals surface area contributed by atoms with E-state index in [1.807, 2.05) is 24.5 Å². The fraction of sp³-hybridized carbons (Fsp3) is 0.118. The van der Waals surface area contributed by atoms with Gasteiger partial charge < -0.3 is 9.26 Å². The van der Waals surface area contributed by atoms with Crippen molar-refractivity contribution in [3.63, 3.8) is 0 Å². The number of halogens is 1. The minimum absolute atomic E-state index is 0.0882. The molecule has 24 heavy (non-hydrogen) atoms. The van der Waals surface area contributed by atoms with E-state index in [-0.39, 0.29) is 12.5 Å². The number of carbonyl (C=O) groups excluding carboxylic acids is 1. The molecule has 0 saturated carbocycles. The van der Waals surface area contributed by atoms with Crippen LogP contribution in [0.4, 0.5) is 0 Å². The number of hydrogen-bond donors (Lipinski definition) is 0. The zero-order valence-electron chi connectivity index (χ0n) is 12.7. The normalized spacial score (nSPS) is 10.6. The largest absolute Gasteiger partial charge is 0.452 e. The Morgan fingerprint density at radius 2 is 2.08 bits per heavy atom. The summed E-state index contributed by atoms with van der Waals surface area (Å²) < 4.78 is 10.4. The van der Waals surface area contributed by atoms with Crippen molar-refractivity contribution in [2.24, 2.45) is 0 Å². The van der Waals surface area contributed by atoms with Crippen LogP contribution in [0.2, 0.25) is 5.02 Å². The van der Waals surface area contributed by atoms with Crippen molar-refractivity contribution in [3.8, 4) is 11.4 Å². The summed E-state index contributed by atoms with van der Waals surface area (Å²) in [6.45, 7) is -0.0882. The van der Waals surface area contributed by atoms with Crippen molar-refractivity contribution in [2.45, 2.75) is 11.5 Å². The Hall–Kier alpha value is -2.31. The summed E-state index contributed by atoms with van der Waals surface area (Å²) in [5.74, 6) is 0.190. The molecule has 0 atom stereocenters. The molecule has 0 unspecified atom stereocenters. The molecule has 122 valence electrons. The Kier molecular flexibility index (Phi) is 5.17. The number of benzene rings is 2. The van der Waals surface area contributed by atoms with Crippen LogP contribution >= 0.6 is 23.4 Å². The molecule has 0 amide bonds. The van der Waals surface area contributed by atoms with Gasteiger partial charge in [-0.25, -0.2) is 4.79 Å². The van der Waals surface area contributed by atoms with Crippen molar-refractivity contribution >= 4 is 29.3 Å². The molecule has 0 aliphatic carbocycles. The lowest BCUT2D eigenvalue weighted by atomic mass is 10.2. The Balaban J connectivity index is 1.68. The number of carbonyl (C=O) groups is 1. The minimum Gasteiger partial charge on any atom is -0.452 e. The molecular weight excluding hydrogens is 348 g/mol. The van der Waals surface area contributed by atoms with Crippen molar-refractivity contribution in [1.82, 2.24) is 10.1 Å². The molecule has 0 saturated heterocycles. The first-order chi connectivity index (χ1) is 11.7. The fourth-order valence-corrected chi connectivity index (χ4v) is 2.85. The fourth-order valence-electron chi connectivity index (χ4n) is 2.08. The predicted octanol–water partition coefficient (Wildman–Crippen LogP) is 4.47. The lowest BCUT2D eigenvalue weighted by Crippen LogP contribution is -2.06. The van der Waals surface area contributed by atoms with Crippen LogP contribution in [0, 0.1) is 0 Å².